The molecule has 1 N–H and O–H groups in total. The van der Waals surface area contributed by atoms with Gasteiger partial charge in [-0.1, -0.05) is 112 Å². The van der Waals surface area contributed by atoms with Crippen LogP contribution in [0.5, 0.6) is 0 Å². The molecule has 3 aromatic carbocycles. The number of hydrogen-bond acceptors (Lipinski definition) is 5. The number of nitrogens with one attached hydrogen (secondary N) is 1. The normalized spacial score (nSPS) is 14.3. The highest BCUT2D eigenvalue weighted by atomic mass is 28.4. The standard InChI is InChI=1S/C30H37NO5Si/c1-23(27(31-22-32)28(29(33)34-5)35-21-24-15-9-6-10-16-24)36-37(30(2,3)4,25-17-11-7-12-18-25)26-19-13-8-14-20-26/h6-20,22-23,27-28H,21H2,1-5H3,(H,31,32)/t23-,27+,28-/m0/s1. The number of carbonyl (C=O) groups excluding carboxylic acids is 2. The molecule has 0 heterocycles. The maximum absolute atomic E-state index is 12.9. The van der Waals surface area contributed by atoms with Crippen LogP contribution in [0.3, 0.4) is 0 Å². The summed E-state index contributed by atoms with van der Waals surface area (Å²) in [5, 5.41) is 4.73. The second-order valence-corrected chi connectivity index (χ2v) is 14.3. The predicted octanol–water partition coefficient (Wildman–Crippen LogP) is 3.82. The second-order valence-electron chi connectivity index (χ2n) is 10.0. The summed E-state index contributed by atoms with van der Waals surface area (Å²) < 4.78 is 18.3. The molecule has 0 aromatic heterocycles. The van der Waals surface area contributed by atoms with Crippen LogP contribution in [0.1, 0.15) is 33.3 Å². The SMILES string of the molecule is COC(=O)[C@@H](OCc1ccccc1)[C@H](NC=O)[C@H](C)O[Si](c1ccccc1)(c1ccccc1)C(C)(C)C. The number of carbonyl (C=O) groups is 2. The van der Waals surface area contributed by atoms with Crippen molar-refractivity contribution in [1.29, 1.82) is 0 Å². The van der Waals surface area contributed by atoms with Crippen LogP contribution in [0.15, 0.2) is 91.0 Å². The van der Waals surface area contributed by atoms with E-state index in [2.05, 4.69) is 50.4 Å². The minimum Gasteiger partial charge on any atom is -0.467 e. The Kier molecular flexibility index (Phi) is 9.80. The number of amides is 1. The first-order chi connectivity index (χ1) is 17.7. The lowest BCUT2D eigenvalue weighted by Crippen LogP contribution is -2.69. The van der Waals surface area contributed by atoms with Gasteiger partial charge in [0, 0.05) is 0 Å². The zero-order valence-corrected chi connectivity index (χ0v) is 23.2. The molecule has 7 heteroatoms. The lowest BCUT2D eigenvalue weighted by atomic mass is 10.1. The van der Waals surface area contributed by atoms with Crippen LogP contribution in [-0.4, -0.2) is 46.1 Å². The Morgan fingerprint density at radius 2 is 1.38 bits per heavy atom. The van der Waals surface area contributed by atoms with Crippen molar-refractivity contribution in [3.63, 3.8) is 0 Å². The fourth-order valence-corrected chi connectivity index (χ4v) is 9.50. The molecule has 3 rings (SSSR count). The summed E-state index contributed by atoms with van der Waals surface area (Å²) in [5.74, 6) is -0.576. The van der Waals surface area contributed by atoms with Gasteiger partial charge in [-0.25, -0.2) is 4.79 Å². The molecule has 0 fully saturated rings. The predicted molar refractivity (Wildman–Crippen MR) is 148 cm³/mol. The van der Waals surface area contributed by atoms with Crippen LogP contribution in [0.25, 0.3) is 0 Å². The van der Waals surface area contributed by atoms with Gasteiger partial charge in [-0.3, -0.25) is 4.79 Å². The molecule has 0 aliphatic rings. The van der Waals surface area contributed by atoms with Gasteiger partial charge in [0.15, 0.2) is 6.10 Å². The van der Waals surface area contributed by atoms with Gasteiger partial charge in [-0.05, 0) is 27.9 Å². The van der Waals surface area contributed by atoms with Crippen molar-refractivity contribution >= 4 is 31.1 Å². The van der Waals surface area contributed by atoms with Crippen LogP contribution in [0, 0.1) is 0 Å². The molecule has 0 radical (unpaired) electrons. The number of benzene rings is 3. The first-order valence-electron chi connectivity index (χ1n) is 12.5. The minimum absolute atomic E-state index is 0.184. The van der Waals surface area contributed by atoms with E-state index >= 15 is 0 Å². The Bertz CT molecular complexity index is 1080. The number of esters is 1. The van der Waals surface area contributed by atoms with Gasteiger partial charge in [-0.15, -0.1) is 0 Å². The molecule has 3 atom stereocenters. The summed E-state index contributed by atoms with van der Waals surface area (Å²) in [6, 6.07) is 29.2. The molecule has 0 saturated carbocycles. The molecule has 37 heavy (non-hydrogen) atoms. The number of rotatable bonds is 12. The van der Waals surface area contributed by atoms with Gasteiger partial charge in [-0.2, -0.15) is 0 Å². The van der Waals surface area contributed by atoms with Gasteiger partial charge in [0.25, 0.3) is 8.32 Å². The molecule has 6 nitrogen and oxygen atoms in total. The van der Waals surface area contributed by atoms with Crippen LogP contribution < -0.4 is 15.7 Å². The fraction of sp³-hybridized carbons (Fsp3) is 0.333. The smallest absolute Gasteiger partial charge is 0.337 e. The molecule has 1 amide bonds. The molecular formula is C30H37NO5Si. The molecular weight excluding hydrogens is 482 g/mol. The summed E-state index contributed by atoms with van der Waals surface area (Å²) in [5.41, 5.74) is 0.904. The van der Waals surface area contributed by atoms with E-state index in [9.17, 15) is 9.59 Å². The second kappa shape index (κ2) is 12.8. The highest BCUT2D eigenvalue weighted by Crippen LogP contribution is 2.38. The van der Waals surface area contributed by atoms with Gasteiger partial charge >= 0.3 is 5.97 Å². The van der Waals surface area contributed by atoms with Gasteiger partial charge in [0.2, 0.25) is 6.41 Å². The van der Waals surface area contributed by atoms with Crippen LogP contribution in [0.4, 0.5) is 0 Å². The molecule has 3 aromatic rings. The Hall–Kier alpha value is -3.26. The molecule has 0 unspecified atom stereocenters. The van der Waals surface area contributed by atoms with Gasteiger partial charge in [0.1, 0.15) is 0 Å². The summed E-state index contributed by atoms with van der Waals surface area (Å²) in [7, 11) is -1.63. The molecule has 0 saturated heterocycles. The third kappa shape index (κ3) is 6.55. The lowest BCUT2D eigenvalue weighted by Gasteiger charge is -2.46. The van der Waals surface area contributed by atoms with E-state index in [0.717, 1.165) is 15.9 Å². The minimum atomic E-state index is -2.95. The van der Waals surface area contributed by atoms with Crippen molar-refractivity contribution in [3.8, 4) is 0 Å². The number of hydrogen-bond donors (Lipinski definition) is 1. The van der Waals surface area contributed by atoms with Crippen LogP contribution in [0.2, 0.25) is 5.04 Å². The van der Waals surface area contributed by atoms with E-state index < -0.39 is 32.5 Å². The van der Waals surface area contributed by atoms with Crippen molar-refractivity contribution in [3.05, 3.63) is 96.6 Å². The quantitative estimate of drug-likeness (QED) is 0.224. The first kappa shape index (κ1) is 28.3. The van der Waals surface area contributed by atoms with Crippen molar-refractivity contribution < 1.29 is 23.5 Å². The van der Waals surface area contributed by atoms with Crippen molar-refractivity contribution in [2.24, 2.45) is 0 Å². The summed E-state index contributed by atoms with van der Waals surface area (Å²) in [4.78, 5) is 24.7. The molecule has 196 valence electrons. The van der Waals surface area contributed by atoms with Gasteiger partial charge in [0.05, 0.1) is 25.9 Å². The Labute approximate surface area is 221 Å². The zero-order chi connectivity index (χ0) is 26.9. The van der Waals surface area contributed by atoms with E-state index in [1.54, 1.807) is 0 Å². The summed E-state index contributed by atoms with van der Waals surface area (Å²) >= 11 is 0. The Morgan fingerprint density at radius 3 is 1.81 bits per heavy atom. The number of methoxy groups -OCH3 is 1. The molecule has 0 aliphatic carbocycles. The highest BCUT2D eigenvalue weighted by molar-refractivity contribution is 6.99. The maximum Gasteiger partial charge on any atom is 0.337 e. The van der Waals surface area contributed by atoms with Crippen molar-refractivity contribution in [2.45, 2.75) is 57.6 Å². The summed E-state index contributed by atoms with van der Waals surface area (Å²) in [6.45, 7) is 8.60. The third-order valence-electron chi connectivity index (χ3n) is 6.58. The largest absolute Gasteiger partial charge is 0.467 e. The van der Waals surface area contributed by atoms with E-state index in [-0.39, 0.29) is 11.6 Å². The average molecular weight is 520 g/mol. The molecule has 0 spiro atoms. The fourth-order valence-electron chi connectivity index (χ4n) is 4.79. The Balaban J connectivity index is 2.05. The maximum atomic E-state index is 12.9. The highest BCUT2D eigenvalue weighted by Gasteiger charge is 2.52. The van der Waals surface area contributed by atoms with Gasteiger partial charge < -0.3 is 19.2 Å². The topological polar surface area (TPSA) is 73.9 Å². The molecule has 0 bridgehead atoms. The zero-order valence-electron chi connectivity index (χ0n) is 22.2. The van der Waals surface area contributed by atoms with E-state index in [1.165, 1.54) is 7.11 Å². The summed E-state index contributed by atoms with van der Waals surface area (Å²) in [6.07, 6.45) is -1.07. The monoisotopic (exact) mass is 519 g/mol. The first-order valence-corrected chi connectivity index (χ1v) is 14.4. The third-order valence-corrected chi connectivity index (χ3v) is 11.7. The van der Waals surface area contributed by atoms with Crippen molar-refractivity contribution in [1.82, 2.24) is 5.32 Å². The lowest BCUT2D eigenvalue weighted by molar-refractivity contribution is -0.159. The van der Waals surface area contributed by atoms with E-state index in [0.29, 0.717) is 6.41 Å². The van der Waals surface area contributed by atoms with Crippen LogP contribution >= 0.6 is 0 Å². The average Bonchev–Trinajstić information content (AvgIpc) is 2.91. The van der Waals surface area contributed by atoms with E-state index in [4.69, 9.17) is 13.9 Å². The van der Waals surface area contributed by atoms with Crippen LogP contribution in [-0.2, 0) is 30.1 Å². The number of ether oxygens (including phenoxy) is 2. The van der Waals surface area contributed by atoms with E-state index in [1.807, 2.05) is 73.7 Å². The van der Waals surface area contributed by atoms with Crippen molar-refractivity contribution in [2.75, 3.05) is 7.11 Å². The Morgan fingerprint density at radius 1 is 0.892 bits per heavy atom. The molecule has 0 aliphatic heterocycles.